The molecule has 0 saturated carbocycles. The van der Waals surface area contributed by atoms with Gasteiger partial charge in [-0.15, -0.1) is 0 Å². The molecule has 118 valence electrons. The summed E-state index contributed by atoms with van der Waals surface area (Å²) >= 11 is 2.36. The molecule has 2 aromatic carbocycles. The van der Waals surface area contributed by atoms with E-state index in [1.807, 2.05) is 0 Å². The largest absolute Gasteiger partial charge is 0.0949 e. The molecular weight excluding hydrogens is 391 g/mol. The lowest BCUT2D eigenvalue weighted by molar-refractivity contribution is 0.420. The van der Waals surface area contributed by atoms with E-state index in [4.69, 9.17) is 0 Å². The number of benzene rings is 2. The van der Waals surface area contributed by atoms with Gasteiger partial charge in [0.05, 0.1) is 0 Å². The number of halogens is 1. The van der Waals surface area contributed by atoms with Gasteiger partial charge in [0.1, 0.15) is 0 Å². The summed E-state index contributed by atoms with van der Waals surface area (Å²) in [6.45, 7) is 11.3. The van der Waals surface area contributed by atoms with Crippen LogP contribution in [0.3, 0.4) is 0 Å². The summed E-state index contributed by atoms with van der Waals surface area (Å²) in [6.07, 6.45) is 3.30. The fraction of sp³-hybridized carbons (Fsp3) is 0.273. The van der Waals surface area contributed by atoms with E-state index in [0.29, 0.717) is 5.92 Å². The van der Waals surface area contributed by atoms with Crippen LogP contribution in [0.2, 0.25) is 0 Å². The first-order valence-electron chi connectivity index (χ1n) is 8.15. The van der Waals surface area contributed by atoms with Crippen LogP contribution in [0, 0.1) is 9.49 Å². The first-order valence-corrected chi connectivity index (χ1v) is 9.23. The highest BCUT2D eigenvalue weighted by Crippen LogP contribution is 2.52. The van der Waals surface area contributed by atoms with Gasteiger partial charge in [-0.3, -0.25) is 0 Å². The van der Waals surface area contributed by atoms with Crippen molar-refractivity contribution < 1.29 is 0 Å². The summed E-state index contributed by atoms with van der Waals surface area (Å²) in [5, 5.41) is 0. The number of hydrogen-bond acceptors (Lipinski definition) is 0. The fourth-order valence-electron chi connectivity index (χ4n) is 3.80. The molecule has 0 bridgehead atoms. The van der Waals surface area contributed by atoms with Crippen molar-refractivity contribution in [3.63, 3.8) is 0 Å². The molecule has 0 aromatic heterocycles. The van der Waals surface area contributed by atoms with E-state index < -0.39 is 0 Å². The van der Waals surface area contributed by atoms with Crippen molar-refractivity contribution in [1.29, 1.82) is 0 Å². The number of hydrogen-bond donors (Lipinski definition) is 0. The van der Waals surface area contributed by atoms with E-state index in [0.717, 1.165) is 6.42 Å². The van der Waals surface area contributed by atoms with E-state index in [-0.39, 0.29) is 5.41 Å². The van der Waals surface area contributed by atoms with Gasteiger partial charge in [0.2, 0.25) is 0 Å². The molecule has 0 radical (unpaired) electrons. The maximum Gasteiger partial charge on any atom is 0.0130 e. The van der Waals surface area contributed by atoms with E-state index in [2.05, 4.69) is 105 Å². The highest BCUT2D eigenvalue weighted by Gasteiger charge is 2.41. The predicted molar refractivity (Wildman–Crippen MR) is 109 cm³/mol. The average molecular weight is 414 g/mol. The third kappa shape index (κ3) is 2.91. The molecule has 1 aliphatic carbocycles. The zero-order valence-corrected chi connectivity index (χ0v) is 16.2. The van der Waals surface area contributed by atoms with Gasteiger partial charge in [0.15, 0.2) is 0 Å². The highest BCUT2D eigenvalue weighted by molar-refractivity contribution is 14.1. The number of rotatable bonds is 3. The van der Waals surface area contributed by atoms with Gasteiger partial charge >= 0.3 is 0 Å². The van der Waals surface area contributed by atoms with Crippen LogP contribution in [0.5, 0.6) is 0 Å². The Labute approximate surface area is 153 Å². The molecule has 1 atom stereocenters. The predicted octanol–water partition coefficient (Wildman–Crippen LogP) is 6.71. The van der Waals surface area contributed by atoms with Crippen LogP contribution >= 0.6 is 22.6 Å². The van der Waals surface area contributed by atoms with E-state index in [9.17, 15) is 0 Å². The van der Waals surface area contributed by atoms with Crippen LogP contribution in [-0.4, -0.2) is 0 Å². The van der Waals surface area contributed by atoms with Crippen LogP contribution in [0.1, 0.15) is 43.9 Å². The Kier molecular flexibility index (Phi) is 4.50. The molecule has 0 heterocycles. The quantitative estimate of drug-likeness (QED) is 0.490. The summed E-state index contributed by atoms with van der Waals surface area (Å²) in [7, 11) is 0. The summed E-state index contributed by atoms with van der Waals surface area (Å²) in [5.74, 6) is 0.449. The van der Waals surface area contributed by atoms with Crippen molar-refractivity contribution >= 4 is 33.7 Å². The average Bonchev–Trinajstić information content (AvgIpc) is 2.74. The molecule has 3 rings (SSSR count). The molecule has 0 N–H and O–H groups in total. The summed E-state index contributed by atoms with van der Waals surface area (Å²) in [6, 6.07) is 17.6. The first-order chi connectivity index (χ1) is 10.9. The van der Waals surface area contributed by atoms with Gasteiger partial charge < -0.3 is 0 Å². The van der Waals surface area contributed by atoms with E-state index in [1.165, 1.54) is 31.4 Å². The SMILES string of the molecule is C=C1c2ccccc2C(C)(C)C1C/C(=C\C)c1ccc(I)cc1. The van der Waals surface area contributed by atoms with Crippen LogP contribution < -0.4 is 0 Å². The van der Waals surface area contributed by atoms with Crippen LogP contribution in [-0.2, 0) is 5.41 Å². The summed E-state index contributed by atoms with van der Waals surface area (Å²) < 4.78 is 1.28. The van der Waals surface area contributed by atoms with Crippen molar-refractivity contribution in [2.75, 3.05) is 0 Å². The second-order valence-corrected chi connectivity index (χ2v) is 8.12. The van der Waals surface area contributed by atoms with Crippen molar-refractivity contribution in [1.82, 2.24) is 0 Å². The molecule has 0 amide bonds. The Balaban J connectivity index is 1.94. The number of fused-ring (bicyclic) bond motifs is 1. The Morgan fingerprint density at radius 2 is 1.78 bits per heavy atom. The molecule has 2 aromatic rings. The summed E-state index contributed by atoms with van der Waals surface area (Å²) in [4.78, 5) is 0. The molecule has 0 saturated heterocycles. The monoisotopic (exact) mass is 414 g/mol. The lowest BCUT2D eigenvalue weighted by Crippen LogP contribution is -2.23. The zero-order valence-electron chi connectivity index (χ0n) is 14.1. The standard InChI is InChI=1S/C22H23I/c1-5-16(17-10-12-18(23)13-11-17)14-21-15(2)19-8-6-7-9-20(19)22(21,3)4/h5-13,21H,2,14H2,1,3-4H3/b16-5+. The third-order valence-electron chi connectivity index (χ3n) is 5.25. The second kappa shape index (κ2) is 6.27. The van der Waals surface area contributed by atoms with Crippen LogP contribution in [0.15, 0.2) is 61.2 Å². The minimum Gasteiger partial charge on any atom is -0.0949 e. The highest BCUT2D eigenvalue weighted by atomic mass is 127. The van der Waals surface area contributed by atoms with E-state index >= 15 is 0 Å². The Morgan fingerprint density at radius 1 is 1.13 bits per heavy atom. The van der Waals surface area contributed by atoms with Crippen molar-refractivity contribution in [2.24, 2.45) is 5.92 Å². The molecule has 0 fully saturated rings. The second-order valence-electron chi connectivity index (χ2n) is 6.87. The van der Waals surface area contributed by atoms with Gasteiger partial charge in [-0.1, -0.05) is 62.9 Å². The Bertz CT molecular complexity index is 763. The molecule has 23 heavy (non-hydrogen) atoms. The fourth-order valence-corrected chi connectivity index (χ4v) is 4.16. The first kappa shape index (κ1) is 16.5. The lowest BCUT2D eigenvalue weighted by Gasteiger charge is -2.29. The normalized spacial score (nSPS) is 19.7. The Morgan fingerprint density at radius 3 is 2.39 bits per heavy atom. The molecule has 1 aliphatic rings. The van der Waals surface area contributed by atoms with Gasteiger partial charge in [0, 0.05) is 3.57 Å². The lowest BCUT2D eigenvalue weighted by atomic mass is 9.74. The zero-order chi connectivity index (χ0) is 16.6. The van der Waals surface area contributed by atoms with Crippen LogP contribution in [0.25, 0.3) is 11.1 Å². The number of allylic oxidation sites excluding steroid dienone is 3. The molecule has 0 aliphatic heterocycles. The minimum absolute atomic E-state index is 0.130. The van der Waals surface area contributed by atoms with Crippen molar-refractivity contribution in [3.8, 4) is 0 Å². The van der Waals surface area contributed by atoms with Crippen LogP contribution in [0.4, 0.5) is 0 Å². The van der Waals surface area contributed by atoms with Crippen molar-refractivity contribution in [3.05, 3.63) is 81.4 Å². The van der Waals surface area contributed by atoms with Gasteiger partial charge in [-0.05, 0) is 87.2 Å². The smallest absolute Gasteiger partial charge is 0.0130 e. The molecule has 1 unspecified atom stereocenters. The molecule has 0 nitrogen and oxygen atoms in total. The molecule has 1 heteroatoms. The third-order valence-corrected chi connectivity index (χ3v) is 5.97. The van der Waals surface area contributed by atoms with E-state index in [1.54, 1.807) is 0 Å². The topological polar surface area (TPSA) is 0 Å². The van der Waals surface area contributed by atoms with Gasteiger partial charge in [-0.25, -0.2) is 0 Å². The van der Waals surface area contributed by atoms with Gasteiger partial charge in [0.25, 0.3) is 0 Å². The Hall–Kier alpha value is -1.35. The molecular formula is C22H23I. The van der Waals surface area contributed by atoms with Gasteiger partial charge in [-0.2, -0.15) is 0 Å². The van der Waals surface area contributed by atoms with Crippen molar-refractivity contribution in [2.45, 2.75) is 32.6 Å². The summed E-state index contributed by atoms with van der Waals surface area (Å²) in [5.41, 5.74) is 6.94. The minimum atomic E-state index is 0.130. The maximum atomic E-state index is 4.44. The maximum absolute atomic E-state index is 4.44. The molecule has 0 spiro atoms.